The summed E-state index contributed by atoms with van der Waals surface area (Å²) in [6, 6.07) is 6.74. The van der Waals surface area contributed by atoms with Crippen LogP contribution in [0.25, 0.3) is 0 Å². The van der Waals surface area contributed by atoms with E-state index in [2.05, 4.69) is 5.32 Å². The maximum Gasteiger partial charge on any atom is 0.220 e. The van der Waals surface area contributed by atoms with Crippen molar-refractivity contribution >= 4 is 17.5 Å². The second-order valence-electron chi connectivity index (χ2n) is 5.38. The number of halogens is 1. The Morgan fingerprint density at radius 2 is 2.14 bits per heavy atom. The van der Waals surface area contributed by atoms with Crippen molar-refractivity contribution in [2.75, 3.05) is 13.2 Å². The first kappa shape index (κ1) is 16.3. The lowest BCUT2D eigenvalue weighted by atomic mass is 10.0. The molecule has 1 saturated heterocycles. The summed E-state index contributed by atoms with van der Waals surface area (Å²) in [6.45, 7) is 0.670. The topological polar surface area (TPSA) is 58.6 Å². The van der Waals surface area contributed by atoms with Crippen LogP contribution in [0.1, 0.15) is 43.7 Å². The number of hydrogen-bond acceptors (Lipinski definition) is 3. The Bertz CT molecular complexity index is 443. The number of aliphatic hydroxyl groups excluding tert-OH is 1. The van der Waals surface area contributed by atoms with E-state index >= 15 is 0 Å². The number of rotatable bonds is 6. The van der Waals surface area contributed by atoms with Gasteiger partial charge < -0.3 is 15.2 Å². The molecule has 0 saturated carbocycles. The number of nitrogens with one attached hydrogen (secondary N) is 1. The number of benzene rings is 1. The number of carbonyl (C=O) groups is 1. The van der Waals surface area contributed by atoms with Gasteiger partial charge in [-0.3, -0.25) is 4.79 Å². The average Bonchev–Trinajstić information content (AvgIpc) is 2.52. The van der Waals surface area contributed by atoms with E-state index in [-0.39, 0.29) is 24.7 Å². The highest BCUT2D eigenvalue weighted by Gasteiger charge is 2.17. The lowest BCUT2D eigenvalue weighted by Gasteiger charge is -2.23. The monoisotopic (exact) mass is 311 g/mol. The minimum Gasteiger partial charge on any atom is -0.394 e. The SMILES string of the molecule is O=C(CCC1CCCCO1)NC(CO)c1ccc(Cl)cc1. The second-order valence-corrected chi connectivity index (χ2v) is 5.82. The molecule has 0 bridgehead atoms. The van der Waals surface area contributed by atoms with Gasteiger partial charge in [0.25, 0.3) is 0 Å². The summed E-state index contributed by atoms with van der Waals surface area (Å²) >= 11 is 5.84. The minimum atomic E-state index is -0.387. The molecule has 1 aromatic rings. The minimum absolute atomic E-state index is 0.0572. The van der Waals surface area contributed by atoms with E-state index in [1.54, 1.807) is 12.1 Å². The maximum atomic E-state index is 12.0. The second kappa shape index (κ2) is 8.37. The quantitative estimate of drug-likeness (QED) is 0.849. The van der Waals surface area contributed by atoms with Gasteiger partial charge >= 0.3 is 0 Å². The molecule has 1 amide bonds. The molecule has 1 fully saturated rings. The molecular weight excluding hydrogens is 290 g/mol. The van der Waals surface area contributed by atoms with Gasteiger partial charge in [-0.25, -0.2) is 0 Å². The number of amides is 1. The summed E-state index contributed by atoms with van der Waals surface area (Å²) in [5.41, 5.74) is 0.851. The summed E-state index contributed by atoms with van der Waals surface area (Å²) < 4.78 is 5.61. The van der Waals surface area contributed by atoms with Crippen molar-refractivity contribution in [2.24, 2.45) is 0 Å². The highest BCUT2D eigenvalue weighted by molar-refractivity contribution is 6.30. The molecule has 21 heavy (non-hydrogen) atoms. The van der Waals surface area contributed by atoms with Crippen LogP contribution in [0.5, 0.6) is 0 Å². The van der Waals surface area contributed by atoms with Crippen molar-refractivity contribution in [1.82, 2.24) is 5.32 Å². The van der Waals surface area contributed by atoms with Crippen LogP contribution >= 0.6 is 11.6 Å². The van der Waals surface area contributed by atoms with Crippen LogP contribution in [0.3, 0.4) is 0 Å². The molecule has 1 heterocycles. The summed E-state index contributed by atoms with van der Waals surface area (Å²) in [7, 11) is 0. The fraction of sp³-hybridized carbons (Fsp3) is 0.562. The molecule has 2 atom stereocenters. The highest BCUT2D eigenvalue weighted by Crippen LogP contribution is 2.19. The molecule has 0 aliphatic carbocycles. The van der Waals surface area contributed by atoms with E-state index in [0.717, 1.165) is 31.4 Å². The van der Waals surface area contributed by atoms with Crippen LogP contribution in [-0.4, -0.2) is 30.3 Å². The van der Waals surface area contributed by atoms with Gasteiger partial charge in [-0.2, -0.15) is 0 Å². The fourth-order valence-corrected chi connectivity index (χ4v) is 2.65. The van der Waals surface area contributed by atoms with Crippen LogP contribution < -0.4 is 5.32 Å². The Morgan fingerprint density at radius 1 is 1.38 bits per heavy atom. The standard InChI is InChI=1S/C16H22ClNO3/c17-13-6-4-12(5-7-13)15(11-19)18-16(20)9-8-14-3-1-2-10-21-14/h4-7,14-15,19H,1-3,8-11H2,(H,18,20). The Labute approximate surface area is 130 Å². The van der Waals surface area contributed by atoms with Crippen LogP contribution in [0.2, 0.25) is 5.02 Å². The molecular formula is C16H22ClNO3. The first-order valence-electron chi connectivity index (χ1n) is 7.46. The summed E-state index contributed by atoms with van der Waals surface area (Å²) in [5, 5.41) is 12.9. The van der Waals surface area contributed by atoms with Crippen molar-refractivity contribution in [3.63, 3.8) is 0 Å². The molecule has 5 heteroatoms. The van der Waals surface area contributed by atoms with Gasteiger partial charge in [-0.15, -0.1) is 0 Å². The highest BCUT2D eigenvalue weighted by atomic mass is 35.5. The largest absolute Gasteiger partial charge is 0.394 e. The van der Waals surface area contributed by atoms with E-state index in [0.29, 0.717) is 11.4 Å². The predicted molar refractivity (Wildman–Crippen MR) is 82.2 cm³/mol. The normalized spacial score (nSPS) is 20.0. The van der Waals surface area contributed by atoms with Gasteiger partial charge in [-0.05, 0) is 43.4 Å². The third kappa shape index (κ3) is 5.30. The molecule has 4 nitrogen and oxygen atoms in total. The van der Waals surface area contributed by atoms with E-state index in [1.807, 2.05) is 12.1 Å². The summed E-state index contributed by atoms with van der Waals surface area (Å²) in [4.78, 5) is 12.0. The first-order chi connectivity index (χ1) is 10.2. The van der Waals surface area contributed by atoms with Gasteiger partial charge in [0.05, 0.1) is 18.8 Å². The van der Waals surface area contributed by atoms with Gasteiger partial charge in [-0.1, -0.05) is 23.7 Å². The van der Waals surface area contributed by atoms with Crippen LogP contribution in [0, 0.1) is 0 Å². The zero-order chi connectivity index (χ0) is 15.1. The lowest BCUT2D eigenvalue weighted by molar-refractivity contribution is -0.123. The number of ether oxygens (including phenoxy) is 1. The molecule has 0 aromatic heterocycles. The Balaban J connectivity index is 1.80. The molecule has 2 rings (SSSR count). The van der Waals surface area contributed by atoms with Crippen molar-refractivity contribution < 1.29 is 14.6 Å². The van der Waals surface area contributed by atoms with Crippen molar-refractivity contribution in [2.45, 2.75) is 44.2 Å². The molecule has 2 unspecified atom stereocenters. The average molecular weight is 312 g/mol. The van der Waals surface area contributed by atoms with Gasteiger partial charge in [0.2, 0.25) is 5.91 Å². The van der Waals surface area contributed by atoms with Crippen molar-refractivity contribution in [1.29, 1.82) is 0 Å². The lowest BCUT2D eigenvalue weighted by Crippen LogP contribution is -2.31. The third-order valence-electron chi connectivity index (χ3n) is 3.76. The molecule has 2 N–H and O–H groups in total. The van der Waals surface area contributed by atoms with E-state index in [9.17, 15) is 9.90 Å². The van der Waals surface area contributed by atoms with Crippen molar-refractivity contribution in [3.8, 4) is 0 Å². The Morgan fingerprint density at radius 3 is 2.76 bits per heavy atom. The maximum absolute atomic E-state index is 12.0. The molecule has 1 aromatic carbocycles. The number of aliphatic hydroxyl groups is 1. The van der Waals surface area contributed by atoms with E-state index < -0.39 is 0 Å². The zero-order valence-corrected chi connectivity index (χ0v) is 12.8. The van der Waals surface area contributed by atoms with Gasteiger partial charge in [0.15, 0.2) is 0 Å². The molecule has 0 radical (unpaired) electrons. The molecule has 0 spiro atoms. The van der Waals surface area contributed by atoms with Crippen LogP contribution in [-0.2, 0) is 9.53 Å². The van der Waals surface area contributed by atoms with Gasteiger partial charge in [0.1, 0.15) is 0 Å². The molecule has 1 aliphatic rings. The number of hydrogen-bond donors (Lipinski definition) is 2. The zero-order valence-electron chi connectivity index (χ0n) is 12.1. The molecule has 1 aliphatic heterocycles. The predicted octanol–water partition coefficient (Wildman–Crippen LogP) is 2.84. The fourth-order valence-electron chi connectivity index (χ4n) is 2.52. The van der Waals surface area contributed by atoms with Gasteiger partial charge in [0, 0.05) is 18.1 Å². The Kier molecular flexibility index (Phi) is 6.49. The first-order valence-corrected chi connectivity index (χ1v) is 7.84. The summed E-state index contributed by atoms with van der Waals surface area (Å²) in [6.07, 6.45) is 4.70. The third-order valence-corrected chi connectivity index (χ3v) is 4.01. The summed E-state index contributed by atoms with van der Waals surface area (Å²) in [5.74, 6) is -0.0572. The van der Waals surface area contributed by atoms with Crippen LogP contribution in [0.15, 0.2) is 24.3 Å². The number of carbonyl (C=O) groups excluding carboxylic acids is 1. The van der Waals surface area contributed by atoms with E-state index in [4.69, 9.17) is 16.3 Å². The smallest absolute Gasteiger partial charge is 0.220 e. The van der Waals surface area contributed by atoms with Crippen molar-refractivity contribution in [3.05, 3.63) is 34.9 Å². The Hall–Kier alpha value is -1.10. The van der Waals surface area contributed by atoms with Crippen LogP contribution in [0.4, 0.5) is 0 Å². The van der Waals surface area contributed by atoms with E-state index in [1.165, 1.54) is 6.42 Å². The molecule has 116 valence electrons.